The van der Waals surface area contributed by atoms with Crippen molar-refractivity contribution in [1.29, 1.82) is 0 Å². The first-order valence-corrected chi connectivity index (χ1v) is 8.87. The maximum Gasteiger partial charge on any atom is 0.322 e. The van der Waals surface area contributed by atoms with Crippen molar-refractivity contribution in [3.63, 3.8) is 0 Å². The first-order valence-electron chi connectivity index (χ1n) is 8.87. The molecule has 8 heteroatoms. The summed E-state index contributed by atoms with van der Waals surface area (Å²) >= 11 is 0. The number of rotatable bonds is 4. The lowest BCUT2D eigenvalue weighted by Gasteiger charge is -2.28. The minimum Gasteiger partial charge on any atom is -0.481 e. The number of nitrogens with one attached hydrogen (secondary N) is 2. The summed E-state index contributed by atoms with van der Waals surface area (Å²) in [6.07, 6.45) is 0.404. The van der Waals surface area contributed by atoms with Gasteiger partial charge in [-0.2, -0.15) is 0 Å². The number of amides is 4. The Kier molecular flexibility index (Phi) is 4.45. The fraction of sp³-hybridized carbons (Fsp3) is 0.474. The molecule has 0 bridgehead atoms. The Labute approximate surface area is 156 Å². The molecular weight excluding hydrogens is 350 g/mol. The molecule has 0 saturated carbocycles. The van der Waals surface area contributed by atoms with Gasteiger partial charge < -0.3 is 15.3 Å². The Hall–Kier alpha value is -2.90. The average Bonchev–Trinajstić information content (AvgIpc) is 3.17. The van der Waals surface area contributed by atoms with Crippen molar-refractivity contribution in [3.8, 4) is 0 Å². The summed E-state index contributed by atoms with van der Waals surface area (Å²) in [5.74, 6) is -1.76. The third-order valence-corrected chi connectivity index (χ3v) is 5.85. The third-order valence-electron chi connectivity index (χ3n) is 5.85. The molecule has 0 spiro atoms. The molecule has 2 heterocycles. The van der Waals surface area contributed by atoms with Crippen LogP contribution in [0.5, 0.6) is 0 Å². The van der Waals surface area contributed by atoms with E-state index in [1.165, 1.54) is 0 Å². The molecule has 144 valence electrons. The number of imide groups is 1. The summed E-state index contributed by atoms with van der Waals surface area (Å²) in [7, 11) is 0. The Balaban J connectivity index is 1.86. The van der Waals surface area contributed by atoms with Gasteiger partial charge in [0.25, 0.3) is 11.8 Å². The van der Waals surface area contributed by atoms with Crippen molar-refractivity contribution in [2.45, 2.75) is 32.7 Å². The van der Waals surface area contributed by atoms with Gasteiger partial charge in [-0.05, 0) is 37.0 Å². The van der Waals surface area contributed by atoms with Crippen LogP contribution in [0.2, 0.25) is 0 Å². The lowest BCUT2D eigenvalue weighted by atomic mass is 9.76. The fourth-order valence-electron chi connectivity index (χ4n) is 3.79. The van der Waals surface area contributed by atoms with Gasteiger partial charge in [0.1, 0.15) is 5.54 Å². The predicted octanol–water partition coefficient (Wildman–Crippen LogP) is 1.31. The summed E-state index contributed by atoms with van der Waals surface area (Å²) < 4.78 is 0. The number of carbonyl (C=O) groups excluding carboxylic acids is 3. The van der Waals surface area contributed by atoms with Crippen LogP contribution in [0.3, 0.4) is 0 Å². The van der Waals surface area contributed by atoms with Gasteiger partial charge in [-0.15, -0.1) is 0 Å². The number of likely N-dealkylation sites (tertiary alicyclic amines) is 1. The van der Waals surface area contributed by atoms with E-state index in [0.717, 1.165) is 0 Å². The molecule has 27 heavy (non-hydrogen) atoms. The van der Waals surface area contributed by atoms with E-state index in [0.29, 0.717) is 24.1 Å². The molecule has 4 amide bonds. The molecule has 0 aliphatic carbocycles. The summed E-state index contributed by atoms with van der Waals surface area (Å²) in [6, 6.07) is 5.93. The van der Waals surface area contributed by atoms with Crippen molar-refractivity contribution < 1.29 is 24.3 Å². The van der Waals surface area contributed by atoms with Gasteiger partial charge in [0.15, 0.2) is 0 Å². The van der Waals surface area contributed by atoms with Crippen LogP contribution in [-0.4, -0.2) is 46.9 Å². The zero-order valence-corrected chi connectivity index (χ0v) is 15.5. The topological polar surface area (TPSA) is 116 Å². The SMILES string of the molecule is CC(C)C1(C(=O)O)CCN(C(=O)c2cccc(C3(C)NC(=O)NC3=O)c2)C1. The van der Waals surface area contributed by atoms with Crippen LogP contribution in [0.4, 0.5) is 4.79 Å². The summed E-state index contributed by atoms with van der Waals surface area (Å²) in [6.45, 7) is 5.79. The van der Waals surface area contributed by atoms with Crippen molar-refractivity contribution in [3.05, 3.63) is 35.4 Å². The summed E-state index contributed by atoms with van der Waals surface area (Å²) in [5.41, 5.74) is -1.35. The van der Waals surface area contributed by atoms with Gasteiger partial charge in [0.2, 0.25) is 0 Å². The van der Waals surface area contributed by atoms with Crippen molar-refractivity contribution in [2.24, 2.45) is 11.3 Å². The lowest BCUT2D eigenvalue weighted by Crippen LogP contribution is -2.41. The molecule has 2 atom stereocenters. The Morgan fingerprint density at radius 3 is 2.48 bits per heavy atom. The van der Waals surface area contributed by atoms with E-state index in [9.17, 15) is 24.3 Å². The number of benzene rings is 1. The van der Waals surface area contributed by atoms with Crippen LogP contribution in [0.15, 0.2) is 24.3 Å². The zero-order valence-electron chi connectivity index (χ0n) is 15.5. The third kappa shape index (κ3) is 2.94. The van der Waals surface area contributed by atoms with E-state index in [2.05, 4.69) is 10.6 Å². The minimum atomic E-state index is -1.25. The predicted molar refractivity (Wildman–Crippen MR) is 95.9 cm³/mol. The second-order valence-electron chi connectivity index (χ2n) is 7.71. The maximum absolute atomic E-state index is 12.9. The van der Waals surface area contributed by atoms with E-state index < -0.39 is 28.9 Å². The Bertz CT molecular complexity index is 836. The average molecular weight is 373 g/mol. The number of carbonyl (C=O) groups is 4. The molecule has 0 radical (unpaired) electrons. The Morgan fingerprint density at radius 2 is 1.96 bits per heavy atom. The molecule has 2 aliphatic rings. The van der Waals surface area contributed by atoms with Gasteiger partial charge in [-0.25, -0.2) is 4.79 Å². The van der Waals surface area contributed by atoms with E-state index in [1.54, 1.807) is 36.1 Å². The number of hydrogen-bond acceptors (Lipinski definition) is 4. The van der Waals surface area contributed by atoms with Gasteiger partial charge in [0.05, 0.1) is 5.41 Å². The molecule has 0 aromatic heterocycles. The smallest absolute Gasteiger partial charge is 0.322 e. The zero-order chi connectivity index (χ0) is 20.0. The highest BCUT2D eigenvalue weighted by Crippen LogP contribution is 2.38. The lowest BCUT2D eigenvalue weighted by molar-refractivity contribution is -0.150. The molecule has 3 rings (SSSR count). The van der Waals surface area contributed by atoms with Crippen molar-refractivity contribution in [1.82, 2.24) is 15.5 Å². The van der Waals surface area contributed by atoms with Gasteiger partial charge >= 0.3 is 12.0 Å². The highest BCUT2D eigenvalue weighted by Gasteiger charge is 2.49. The van der Waals surface area contributed by atoms with Crippen LogP contribution in [-0.2, 0) is 15.1 Å². The molecule has 2 aliphatic heterocycles. The number of carboxylic acids is 1. The van der Waals surface area contributed by atoms with E-state index in [1.807, 2.05) is 13.8 Å². The second-order valence-corrected chi connectivity index (χ2v) is 7.71. The monoisotopic (exact) mass is 373 g/mol. The van der Waals surface area contributed by atoms with Crippen LogP contribution in [0.1, 0.15) is 43.1 Å². The van der Waals surface area contributed by atoms with Crippen LogP contribution in [0, 0.1) is 11.3 Å². The van der Waals surface area contributed by atoms with E-state index in [4.69, 9.17) is 0 Å². The first kappa shape index (κ1) is 18.9. The van der Waals surface area contributed by atoms with Crippen LogP contribution >= 0.6 is 0 Å². The highest BCUT2D eigenvalue weighted by molar-refractivity contribution is 6.07. The second kappa shape index (κ2) is 6.37. The number of urea groups is 1. The number of carboxylic acid groups (broad SMARTS) is 1. The molecule has 2 fully saturated rings. The molecular formula is C19H23N3O5. The van der Waals surface area contributed by atoms with Crippen LogP contribution < -0.4 is 10.6 Å². The standard InChI is InChI=1S/C19H23N3O5/c1-11(2)19(16(25)26)7-8-22(10-19)14(23)12-5-4-6-13(9-12)18(3)15(24)20-17(27)21-18/h4-6,9,11H,7-8,10H2,1-3H3,(H,25,26)(H2,20,21,24,27). The minimum absolute atomic E-state index is 0.101. The fourth-order valence-corrected chi connectivity index (χ4v) is 3.79. The number of nitrogens with zero attached hydrogens (tertiary/aromatic N) is 1. The van der Waals surface area contributed by atoms with Crippen LogP contribution in [0.25, 0.3) is 0 Å². The largest absolute Gasteiger partial charge is 0.481 e. The van der Waals surface area contributed by atoms with E-state index in [-0.39, 0.29) is 18.4 Å². The summed E-state index contributed by atoms with van der Waals surface area (Å²) in [4.78, 5) is 49.9. The van der Waals surface area contributed by atoms with Crippen molar-refractivity contribution in [2.75, 3.05) is 13.1 Å². The van der Waals surface area contributed by atoms with Gasteiger partial charge in [-0.1, -0.05) is 26.0 Å². The molecule has 3 N–H and O–H groups in total. The number of aliphatic carboxylic acids is 1. The molecule has 8 nitrogen and oxygen atoms in total. The molecule has 1 aromatic rings. The first-order chi connectivity index (χ1) is 12.6. The normalized spacial score (nSPS) is 27.6. The maximum atomic E-state index is 12.9. The number of hydrogen-bond donors (Lipinski definition) is 3. The Morgan fingerprint density at radius 1 is 1.26 bits per heavy atom. The van der Waals surface area contributed by atoms with Gasteiger partial charge in [0, 0.05) is 18.7 Å². The van der Waals surface area contributed by atoms with Crippen molar-refractivity contribution >= 4 is 23.8 Å². The summed E-state index contributed by atoms with van der Waals surface area (Å²) in [5, 5.41) is 14.4. The van der Waals surface area contributed by atoms with Gasteiger partial charge in [-0.3, -0.25) is 19.7 Å². The molecule has 2 unspecified atom stereocenters. The highest BCUT2D eigenvalue weighted by atomic mass is 16.4. The molecule has 1 aromatic carbocycles. The quantitative estimate of drug-likeness (QED) is 0.688. The molecule has 2 saturated heterocycles. The van der Waals surface area contributed by atoms with E-state index >= 15 is 0 Å².